The van der Waals surface area contributed by atoms with Crippen molar-refractivity contribution in [3.63, 3.8) is 0 Å². The molecule has 0 aromatic carbocycles. The zero-order valence-corrected chi connectivity index (χ0v) is 10.7. The van der Waals surface area contributed by atoms with Crippen molar-refractivity contribution in [2.75, 3.05) is 0 Å². The fraction of sp³-hybridized carbons (Fsp3) is 0.417. The third-order valence-corrected chi connectivity index (χ3v) is 3.96. The Morgan fingerprint density at radius 1 is 1.56 bits per heavy atom. The van der Waals surface area contributed by atoms with Gasteiger partial charge in [-0.25, -0.2) is 0 Å². The van der Waals surface area contributed by atoms with Crippen molar-refractivity contribution in [3.8, 4) is 0 Å². The van der Waals surface area contributed by atoms with E-state index in [0.29, 0.717) is 6.04 Å². The van der Waals surface area contributed by atoms with Gasteiger partial charge in [0, 0.05) is 35.8 Å². The minimum absolute atomic E-state index is 0.402. The Labute approximate surface area is 100 Å². The molecule has 0 saturated carbocycles. The maximum Gasteiger partial charge on any atom is 0.0537 e. The van der Waals surface area contributed by atoms with Crippen molar-refractivity contribution in [1.82, 2.24) is 15.1 Å². The summed E-state index contributed by atoms with van der Waals surface area (Å²) in [6.07, 6.45) is 1.93. The lowest BCUT2D eigenvalue weighted by Crippen LogP contribution is -2.17. The lowest BCUT2D eigenvalue weighted by molar-refractivity contribution is 0.580. The fourth-order valence-electron chi connectivity index (χ4n) is 1.62. The van der Waals surface area contributed by atoms with Crippen LogP contribution in [-0.2, 0) is 13.6 Å². The third-order valence-electron chi connectivity index (χ3n) is 2.91. The third kappa shape index (κ3) is 2.33. The van der Waals surface area contributed by atoms with E-state index in [1.165, 1.54) is 16.1 Å². The monoisotopic (exact) mass is 235 g/mol. The van der Waals surface area contributed by atoms with Gasteiger partial charge in [0.25, 0.3) is 0 Å². The van der Waals surface area contributed by atoms with Crippen LogP contribution in [0.5, 0.6) is 0 Å². The fourth-order valence-corrected chi connectivity index (χ4v) is 2.38. The number of hydrogen-bond donors (Lipinski definition) is 1. The van der Waals surface area contributed by atoms with Gasteiger partial charge in [-0.15, -0.1) is 11.3 Å². The zero-order valence-electron chi connectivity index (χ0n) is 9.90. The highest BCUT2D eigenvalue weighted by molar-refractivity contribution is 7.10. The van der Waals surface area contributed by atoms with E-state index in [-0.39, 0.29) is 0 Å². The van der Waals surface area contributed by atoms with E-state index in [1.54, 1.807) is 11.3 Å². The number of hydrogen-bond acceptors (Lipinski definition) is 3. The number of rotatable bonds is 4. The molecule has 0 aliphatic carbocycles. The standard InChI is InChI=1S/C12H17N3S/c1-9(12-5-4-6-16-12)13-7-11-8-14-15(3)10(11)2/h4-6,8-9,13H,7H2,1-3H3. The summed E-state index contributed by atoms with van der Waals surface area (Å²) in [6.45, 7) is 5.16. The Balaban J connectivity index is 1.95. The molecular weight excluding hydrogens is 218 g/mol. The second kappa shape index (κ2) is 4.80. The normalized spacial score (nSPS) is 12.9. The van der Waals surface area contributed by atoms with Crippen LogP contribution in [0.1, 0.15) is 29.1 Å². The lowest BCUT2D eigenvalue weighted by Gasteiger charge is -2.11. The van der Waals surface area contributed by atoms with Gasteiger partial charge >= 0.3 is 0 Å². The maximum absolute atomic E-state index is 4.24. The van der Waals surface area contributed by atoms with Gasteiger partial charge in [-0.05, 0) is 25.3 Å². The molecule has 0 spiro atoms. The molecule has 2 aromatic heterocycles. The summed E-state index contributed by atoms with van der Waals surface area (Å²) in [5.74, 6) is 0. The van der Waals surface area contributed by atoms with Crippen LogP contribution < -0.4 is 5.32 Å². The highest BCUT2D eigenvalue weighted by Gasteiger charge is 2.08. The number of nitrogens with zero attached hydrogens (tertiary/aromatic N) is 2. The molecule has 0 aliphatic rings. The SMILES string of the molecule is Cc1c(CNC(C)c2cccs2)cnn1C. The first kappa shape index (κ1) is 11.4. The van der Waals surface area contributed by atoms with E-state index in [2.05, 4.69) is 41.8 Å². The topological polar surface area (TPSA) is 29.9 Å². The summed E-state index contributed by atoms with van der Waals surface area (Å²) in [5, 5.41) is 9.86. The van der Waals surface area contributed by atoms with Crippen LogP contribution in [0.25, 0.3) is 0 Å². The Hall–Kier alpha value is -1.13. The van der Waals surface area contributed by atoms with Gasteiger partial charge in [-0.3, -0.25) is 4.68 Å². The van der Waals surface area contributed by atoms with Crippen molar-refractivity contribution in [2.24, 2.45) is 7.05 Å². The summed E-state index contributed by atoms with van der Waals surface area (Å²) in [4.78, 5) is 1.38. The highest BCUT2D eigenvalue weighted by atomic mass is 32.1. The van der Waals surface area contributed by atoms with Crippen LogP contribution in [0.3, 0.4) is 0 Å². The van der Waals surface area contributed by atoms with Crippen molar-refractivity contribution >= 4 is 11.3 Å². The van der Waals surface area contributed by atoms with Crippen LogP contribution in [0.4, 0.5) is 0 Å². The zero-order chi connectivity index (χ0) is 11.5. The molecule has 2 rings (SSSR count). The summed E-state index contributed by atoms with van der Waals surface area (Å²) >= 11 is 1.79. The predicted octanol–water partition coefficient (Wildman–Crippen LogP) is 2.64. The molecule has 0 saturated heterocycles. The molecule has 0 aliphatic heterocycles. The number of thiophene rings is 1. The van der Waals surface area contributed by atoms with E-state index in [9.17, 15) is 0 Å². The molecule has 0 amide bonds. The van der Waals surface area contributed by atoms with Crippen molar-refractivity contribution in [2.45, 2.75) is 26.4 Å². The van der Waals surface area contributed by atoms with E-state index in [0.717, 1.165) is 6.54 Å². The highest BCUT2D eigenvalue weighted by Crippen LogP contribution is 2.18. The van der Waals surface area contributed by atoms with Crippen LogP contribution in [0, 0.1) is 6.92 Å². The van der Waals surface area contributed by atoms with Gasteiger partial charge < -0.3 is 5.32 Å². The molecule has 1 atom stereocenters. The molecule has 1 unspecified atom stereocenters. The van der Waals surface area contributed by atoms with Crippen LogP contribution in [0.15, 0.2) is 23.7 Å². The molecular formula is C12H17N3S. The molecule has 1 N–H and O–H groups in total. The molecule has 3 nitrogen and oxygen atoms in total. The smallest absolute Gasteiger partial charge is 0.0537 e. The second-order valence-electron chi connectivity index (χ2n) is 4.00. The summed E-state index contributed by atoms with van der Waals surface area (Å²) in [5.41, 5.74) is 2.50. The Morgan fingerprint density at radius 2 is 2.38 bits per heavy atom. The van der Waals surface area contributed by atoms with Crippen LogP contribution in [0.2, 0.25) is 0 Å². The summed E-state index contributed by atoms with van der Waals surface area (Å²) < 4.78 is 1.91. The summed E-state index contributed by atoms with van der Waals surface area (Å²) in [7, 11) is 1.97. The predicted molar refractivity (Wildman–Crippen MR) is 67.5 cm³/mol. The van der Waals surface area contributed by atoms with Gasteiger partial charge in [-0.1, -0.05) is 6.07 Å². The molecule has 0 bridgehead atoms. The quantitative estimate of drug-likeness (QED) is 0.883. The molecule has 2 aromatic rings. The average molecular weight is 235 g/mol. The van der Waals surface area contributed by atoms with Crippen molar-refractivity contribution in [3.05, 3.63) is 39.8 Å². The molecule has 2 heterocycles. The Morgan fingerprint density at radius 3 is 2.94 bits per heavy atom. The van der Waals surface area contributed by atoms with Gasteiger partial charge in [-0.2, -0.15) is 5.10 Å². The van der Waals surface area contributed by atoms with Crippen LogP contribution in [-0.4, -0.2) is 9.78 Å². The number of aromatic nitrogens is 2. The number of aryl methyl sites for hydroxylation is 1. The second-order valence-corrected chi connectivity index (χ2v) is 4.98. The first-order valence-electron chi connectivity index (χ1n) is 5.42. The largest absolute Gasteiger partial charge is 0.305 e. The Bertz CT molecular complexity index is 445. The van der Waals surface area contributed by atoms with Crippen molar-refractivity contribution < 1.29 is 0 Å². The molecule has 4 heteroatoms. The van der Waals surface area contributed by atoms with E-state index in [1.807, 2.05) is 17.9 Å². The van der Waals surface area contributed by atoms with Crippen LogP contribution >= 0.6 is 11.3 Å². The number of nitrogens with one attached hydrogen (secondary N) is 1. The first-order chi connectivity index (χ1) is 7.68. The minimum Gasteiger partial charge on any atom is -0.305 e. The van der Waals surface area contributed by atoms with Gasteiger partial charge in [0.05, 0.1) is 6.20 Å². The van der Waals surface area contributed by atoms with Gasteiger partial charge in [0.2, 0.25) is 0 Å². The van der Waals surface area contributed by atoms with E-state index < -0.39 is 0 Å². The lowest BCUT2D eigenvalue weighted by atomic mass is 10.2. The minimum atomic E-state index is 0.402. The van der Waals surface area contributed by atoms with Crippen molar-refractivity contribution in [1.29, 1.82) is 0 Å². The van der Waals surface area contributed by atoms with E-state index in [4.69, 9.17) is 0 Å². The summed E-state index contributed by atoms with van der Waals surface area (Å²) in [6, 6.07) is 4.66. The Kier molecular flexibility index (Phi) is 3.41. The molecule has 16 heavy (non-hydrogen) atoms. The molecule has 86 valence electrons. The molecule has 0 fully saturated rings. The maximum atomic E-state index is 4.24. The first-order valence-corrected chi connectivity index (χ1v) is 6.30. The van der Waals surface area contributed by atoms with E-state index >= 15 is 0 Å². The van der Waals surface area contributed by atoms with Gasteiger partial charge in [0.1, 0.15) is 0 Å². The average Bonchev–Trinajstić information content (AvgIpc) is 2.89. The molecule has 0 radical (unpaired) electrons. The van der Waals surface area contributed by atoms with Gasteiger partial charge in [0.15, 0.2) is 0 Å².